The van der Waals surface area contributed by atoms with Crippen molar-refractivity contribution in [1.29, 1.82) is 0 Å². The number of aliphatic hydroxyl groups is 1. The number of aryl methyl sites for hydroxylation is 2. The Balaban J connectivity index is 3.64. The Morgan fingerprint density at radius 2 is 2.00 bits per heavy atom. The van der Waals surface area contributed by atoms with Crippen molar-refractivity contribution in [2.24, 2.45) is 0 Å². The highest BCUT2D eigenvalue weighted by atomic mass is 16.2. The molecule has 1 aromatic carbocycles. The summed E-state index contributed by atoms with van der Waals surface area (Å²) in [6.45, 7) is 7.80. The molecule has 0 radical (unpaired) electrons. The molecule has 11 heavy (non-hydrogen) atoms. The van der Waals surface area contributed by atoms with Gasteiger partial charge >= 0.3 is 0 Å². The summed E-state index contributed by atoms with van der Waals surface area (Å²) in [5.74, 6) is 0. The van der Waals surface area contributed by atoms with Crippen LogP contribution in [0.5, 0.6) is 0 Å². The van der Waals surface area contributed by atoms with Crippen LogP contribution in [0.15, 0.2) is 12.1 Å². The van der Waals surface area contributed by atoms with Crippen molar-refractivity contribution >= 4 is 12.8 Å². The number of benzene rings is 1. The second-order valence-corrected chi connectivity index (χ2v) is 2.78. The summed E-state index contributed by atoms with van der Waals surface area (Å²) >= 11 is 0. The van der Waals surface area contributed by atoms with E-state index in [9.17, 15) is 0 Å². The third-order valence-corrected chi connectivity index (χ3v) is 1.75. The van der Waals surface area contributed by atoms with Crippen molar-refractivity contribution < 1.29 is 5.11 Å². The molecule has 0 aliphatic rings. The second-order valence-electron chi connectivity index (χ2n) is 2.78. The molecule has 0 saturated heterocycles. The van der Waals surface area contributed by atoms with Crippen LogP contribution in [0.25, 0.3) is 12.8 Å². The number of hydrogen-bond donors (Lipinski definition) is 1. The maximum Gasteiger partial charge on any atom is 0.0872 e. The first kappa shape index (κ1) is 7.86. The molecule has 0 fully saturated rings. The van der Waals surface area contributed by atoms with Gasteiger partial charge in [-0.25, -0.2) is 0 Å². The van der Waals surface area contributed by atoms with Gasteiger partial charge in [0.15, 0.2) is 0 Å². The normalized spacial score (nSPS) is 12.0. The minimum absolute atomic E-state index is 0.829. The Kier molecular flexibility index (Phi) is 1.99. The lowest BCUT2D eigenvalue weighted by Gasteiger charge is -1.96. The molecule has 0 heterocycles. The fourth-order valence-electron chi connectivity index (χ4n) is 1.25. The Bertz CT molecular complexity index is 363. The molecular weight excluding hydrogens is 136 g/mol. The SMILES string of the molecule is C=c1cc(C)cc(C)/c1=C\O. The summed E-state index contributed by atoms with van der Waals surface area (Å²) in [6, 6.07) is 3.98. The lowest BCUT2D eigenvalue weighted by molar-refractivity contribution is 0.539. The lowest BCUT2D eigenvalue weighted by atomic mass is 10.1. The number of rotatable bonds is 0. The van der Waals surface area contributed by atoms with Crippen LogP contribution in [0.2, 0.25) is 0 Å². The van der Waals surface area contributed by atoms with Crippen LogP contribution < -0.4 is 10.4 Å². The summed E-state index contributed by atoms with van der Waals surface area (Å²) in [5.41, 5.74) is 2.25. The Labute approximate surface area is 66.3 Å². The quantitative estimate of drug-likeness (QED) is 0.582. The number of aliphatic hydroxyl groups excluding tert-OH is 1. The maximum atomic E-state index is 8.83. The smallest absolute Gasteiger partial charge is 0.0872 e. The Morgan fingerprint density at radius 3 is 2.45 bits per heavy atom. The standard InChI is InChI=1S/C10H12O/c1-7-4-8(2)10(6-11)9(3)5-7/h4-6,11H,2H2,1,3H3/b10-6-. The molecule has 1 heteroatoms. The van der Waals surface area contributed by atoms with E-state index in [0.29, 0.717) is 0 Å². The van der Waals surface area contributed by atoms with Gasteiger partial charge in [-0.05, 0) is 24.6 Å². The van der Waals surface area contributed by atoms with E-state index in [4.69, 9.17) is 5.11 Å². The molecule has 58 valence electrons. The molecular formula is C10H12O. The third kappa shape index (κ3) is 1.43. The molecule has 0 aromatic heterocycles. The molecule has 0 amide bonds. The highest BCUT2D eigenvalue weighted by Crippen LogP contribution is 1.92. The van der Waals surface area contributed by atoms with Crippen molar-refractivity contribution in [3.05, 3.63) is 33.7 Å². The van der Waals surface area contributed by atoms with Gasteiger partial charge in [0.1, 0.15) is 0 Å². The van der Waals surface area contributed by atoms with Crippen LogP contribution in [0.1, 0.15) is 11.1 Å². The van der Waals surface area contributed by atoms with Gasteiger partial charge in [0.2, 0.25) is 0 Å². The van der Waals surface area contributed by atoms with E-state index in [1.165, 1.54) is 5.56 Å². The van der Waals surface area contributed by atoms with Crippen LogP contribution in [0, 0.1) is 13.8 Å². The second kappa shape index (κ2) is 2.79. The zero-order chi connectivity index (χ0) is 8.43. The van der Waals surface area contributed by atoms with E-state index in [1.807, 2.05) is 26.0 Å². The van der Waals surface area contributed by atoms with Crippen LogP contribution in [0.3, 0.4) is 0 Å². The van der Waals surface area contributed by atoms with Gasteiger partial charge in [0.25, 0.3) is 0 Å². The lowest BCUT2D eigenvalue weighted by Crippen LogP contribution is -2.26. The molecule has 0 saturated carbocycles. The van der Waals surface area contributed by atoms with E-state index in [0.717, 1.165) is 22.3 Å². The fraction of sp³-hybridized carbons (Fsp3) is 0.200. The van der Waals surface area contributed by atoms with Crippen LogP contribution in [-0.4, -0.2) is 5.11 Å². The minimum Gasteiger partial charge on any atom is -0.515 e. The van der Waals surface area contributed by atoms with Crippen molar-refractivity contribution in [3.8, 4) is 0 Å². The van der Waals surface area contributed by atoms with E-state index in [2.05, 4.69) is 6.58 Å². The summed E-state index contributed by atoms with van der Waals surface area (Å²) in [7, 11) is 0. The number of hydrogen-bond acceptors (Lipinski definition) is 1. The van der Waals surface area contributed by atoms with Crippen LogP contribution in [0.4, 0.5) is 0 Å². The molecule has 1 rings (SSSR count). The summed E-state index contributed by atoms with van der Waals surface area (Å²) < 4.78 is 0. The van der Waals surface area contributed by atoms with Crippen molar-refractivity contribution in [2.75, 3.05) is 0 Å². The van der Waals surface area contributed by atoms with Gasteiger partial charge in [0.05, 0.1) is 6.26 Å². The van der Waals surface area contributed by atoms with E-state index in [-0.39, 0.29) is 0 Å². The Hall–Kier alpha value is -1.24. The van der Waals surface area contributed by atoms with Crippen molar-refractivity contribution in [1.82, 2.24) is 0 Å². The van der Waals surface area contributed by atoms with Gasteiger partial charge < -0.3 is 5.11 Å². The van der Waals surface area contributed by atoms with Gasteiger partial charge in [-0.2, -0.15) is 0 Å². The summed E-state index contributed by atoms with van der Waals surface area (Å²) in [4.78, 5) is 0. The largest absolute Gasteiger partial charge is 0.515 e. The minimum atomic E-state index is 0.829. The Morgan fingerprint density at radius 1 is 1.36 bits per heavy atom. The first-order chi connectivity index (χ1) is 5.15. The first-order valence-electron chi connectivity index (χ1n) is 3.56. The molecule has 0 aliphatic carbocycles. The molecule has 1 aromatic rings. The van der Waals surface area contributed by atoms with Gasteiger partial charge in [0, 0.05) is 5.22 Å². The predicted molar refractivity (Wildman–Crippen MR) is 47.8 cm³/mol. The molecule has 0 atom stereocenters. The molecule has 0 spiro atoms. The van der Waals surface area contributed by atoms with Crippen LogP contribution >= 0.6 is 0 Å². The average Bonchev–Trinajstić information content (AvgIpc) is 1.85. The first-order valence-corrected chi connectivity index (χ1v) is 3.56. The van der Waals surface area contributed by atoms with Crippen molar-refractivity contribution in [3.63, 3.8) is 0 Å². The van der Waals surface area contributed by atoms with Gasteiger partial charge in [-0.1, -0.05) is 24.3 Å². The zero-order valence-corrected chi connectivity index (χ0v) is 6.89. The molecule has 0 bridgehead atoms. The van der Waals surface area contributed by atoms with E-state index in [1.54, 1.807) is 0 Å². The highest BCUT2D eigenvalue weighted by Gasteiger charge is 1.90. The predicted octanol–water partition coefficient (Wildman–Crippen LogP) is 1.01. The van der Waals surface area contributed by atoms with Crippen LogP contribution in [-0.2, 0) is 0 Å². The van der Waals surface area contributed by atoms with Gasteiger partial charge in [-0.3, -0.25) is 0 Å². The molecule has 1 nitrogen and oxygen atoms in total. The zero-order valence-electron chi connectivity index (χ0n) is 6.89. The highest BCUT2D eigenvalue weighted by molar-refractivity contribution is 5.30. The van der Waals surface area contributed by atoms with E-state index >= 15 is 0 Å². The third-order valence-electron chi connectivity index (χ3n) is 1.75. The van der Waals surface area contributed by atoms with Crippen molar-refractivity contribution in [2.45, 2.75) is 13.8 Å². The average molecular weight is 148 g/mol. The summed E-state index contributed by atoms with van der Waals surface area (Å²) in [6.07, 6.45) is 1.11. The maximum absolute atomic E-state index is 8.83. The fourth-order valence-corrected chi connectivity index (χ4v) is 1.25. The summed E-state index contributed by atoms with van der Waals surface area (Å²) in [5, 5.41) is 10.5. The molecule has 0 aliphatic heterocycles. The van der Waals surface area contributed by atoms with Gasteiger partial charge in [-0.15, -0.1) is 0 Å². The molecule has 1 N–H and O–H groups in total. The van der Waals surface area contributed by atoms with E-state index < -0.39 is 0 Å². The monoisotopic (exact) mass is 148 g/mol. The molecule has 0 unspecified atom stereocenters. The topological polar surface area (TPSA) is 20.2 Å².